The zero-order valence-electron chi connectivity index (χ0n) is 16.8. The van der Waals surface area contributed by atoms with Crippen LogP contribution in [0.2, 0.25) is 0 Å². The van der Waals surface area contributed by atoms with E-state index in [1.165, 1.54) is 28.9 Å². The Labute approximate surface area is 179 Å². The van der Waals surface area contributed by atoms with E-state index < -0.39 is 6.36 Å². The molecule has 0 spiro atoms. The van der Waals surface area contributed by atoms with Gasteiger partial charge in [0.2, 0.25) is 0 Å². The number of alkyl halides is 3. The van der Waals surface area contributed by atoms with Gasteiger partial charge in [-0.05, 0) is 25.1 Å². The second kappa shape index (κ2) is 7.79. The highest BCUT2D eigenvalue weighted by Crippen LogP contribution is 2.29. The van der Waals surface area contributed by atoms with Crippen LogP contribution in [0, 0.1) is 0 Å². The highest BCUT2D eigenvalue weighted by atomic mass is 19.4. The van der Waals surface area contributed by atoms with Gasteiger partial charge in [0.15, 0.2) is 5.82 Å². The molecule has 0 aromatic carbocycles. The summed E-state index contributed by atoms with van der Waals surface area (Å²) >= 11 is 0. The maximum atomic E-state index is 12.6. The van der Waals surface area contributed by atoms with E-state index in [2.05, 4.69) is 34.8 Å². The molecule has 1 aliphatic heterocycles. The maximum Gasteiger partial charge on any atom is 0.573 e. The number of aromatic nitrogens is 6. The normalized spacial score (nSPS) is 19.4. The number of H-pyrrole nitrogens is 1. The fraction of sp³-hybridized carbons (Fsp3) is 0.300. The fourth-order valence-corrected chi connectivity index (χ4v) is 3.73. The third-order valence-electron chi connectivity index (χ3n) is 5.06. The van der Waals surface area contributed by atoms with Gasteiger partial charge in [0.05, 0.1) is 31.2 Å². The minimum absolute atomic E-state index is 0.0417. The van der Waals surface area contributed by atoms with Crippen molar-refractivity contribution in [2.75, 3.05) is 18.0 Å². The first kappa shape index (κ1) is 20.2. The summed E-state index contributed by atoms with van der Waals surface area (Å²) in [5, 5.41) is 6.78. The number of morpholine rings is 1. The molecular weight excluding hydrogens is 427 g/mol. The number of halogens is 3. The number of nitrogens with zero attached hydrogens (tertiary/aromatic N) is 6. The van der Waals surface area contributed by atoms with Crippen LogP contribution < -0.4 is 9.64 Å². The number of aromatic amines is 1. The molecule has 4 aromatic heterocycles. The molecule has 4 aromatic rings. The van der Waals surface area contributed by atoms with Gasteiger partial charge in [-0.3, -0.25) is 9.50 Å². The van der Waals surface area contributed by atoms with Crippen molar-refractivity contribution in [1.29, 1.82) is 0 Å². The SMILES string of the molecule is C[C@@H]1CN(c2ccnc(-c3cnc4ccc(OC(F)(F)F)cn34)n2)C[C@H](c2cn[nH]c2)O1. The monoisotopic (exact) mass is 445 g/mol. The minimum Gasteiger partial charge on any atom is -0.404 e. The lowest BCUT2D eigenvalue weighted by Gasteiger charge is -2.37. The van der Waals surface area contributed by atoms with Crippen molar-refractivity contribution in [3.8, 4) is 17.3 Å². The molecule has 0 saturated carbocycles. The van der Waals surface area contributed by atoms with Gasteiger partial charge in [-0.2, -0.15) is 5.10 Å². The van der Waals surface area contributed by atoms with E-state index in [-0.39, 0.29) is 18.0 Å². The second-order valence-corrected chi connectivity index (χ2v) is 7.39. The molecule has 0 amide bonds. The van der Waals surface area contributed by atoms with Crippen molar-refractivity contribution in [3.63, 3.8) is 0 Å². The van der Waals surface area contributed by atoms with Crippen LogP contribution in [-0.2, 0) is 4.74 Å². The first-order valence-corrected chi connectivity index (χ1v) is 9.81. The number of hydrogen-bond acceptors (Lipinski definition) is 7. The first-order valence-electron chi connectivity index (χ1n) is 9.81. The Hall–Kier alpha value is -3.67. The fourth-order valence-electron chi connectivity index (χ4n) is 3.73. The van der Waals surface area contributed by atoms with Gasteiger partial charge in [0, 0.05) is 24.5 Å². The molecule has 166 valence electrons. The second-order valence-electron chi connectivity index (χ2n) is 7.39. The van der Waals surface area contributed by atoms with Crippen molar-refractivity contribution in [3.05, 3.63) is 54.7 Å². The first-order chi connectivity index (χ1) is 15.4. The number of pyridine rings is 1. The highest BCUT2D eigenvalue weighted by Gasteiger charge is 2.31. The van der Waals surface area contributed by atoms with E-state index in [4.69, 9.17) is 4.74 Å². The number of fused-ring (bicyclic) bond motifs is 1. The van der Waals surface area contributed by atoms with E-state index >= 15 is 0 Å². The number of imidazole rings is 1. The van der Waals surface area contributed by atoms with Gasteiger partial charge >= 0.3 is 6.36 Å². The van der Waals surface area contributed by atoms with Crippen LogP contribution in [0.4, 0.5) is 19.0 Å². The van der Waals surface area contributed by atoms with E-state index in [0.717, 1.165) is 5.56 Å². The Morgan fingerprint density at radius 2 is 2.03 bits per heavy atom. The summed E-state index contributed by atoms with van der Waals surface area (Å²) in [6.45, 7) is 3.17. The van der Waals surface area contributed by atoms with Crippen molar-refractivity contribution < 1.29 is 22.6 Å². The quantitative estimate of drug-likeness (QED) is 0.515. The van der Waals surface area contributed by atoms with Crippen LogP contribution in [0.1, 0.15) is 18.6 Å². The Morgan fingerprint density at radius 3 is 2.81 bits per heavy atom. The standard InChI is InChI=1S/C20H18F3N7O2/c1-12-9-29(11-16(31-12)13-6-26-27-7-13)18-4-5-24-19(28-18)15-8-25-17-3-2-14(10-30(15)17)32-20(21,22)23/h2-8,10,12,16H,9,11H2,1H3,(H,26,27)/t12-,16-/m1/s1. The molecule has 5 rings (SSSR count). The van der Waals surface area contributed by atoms with Crippen LogP contribution in [0.15, 0.2) is 49.2 Å². The van der Waals surface area contributed by atoms with Crippen LogP contribution >= 0.6 is 0 Å². The molecule has 1 saturated heterocycles. The number of ether oxygens (including phenoxy) is 2. The van der Waals surface area contributed by atoms with Crippen molar-refractivity contribution >= 4 is 11.5 Å². The van der Waals surface area contributed by atoms with Crippen LogP contribution in [-0.4, -0.2) is 55.1 Å². The van der Waals surface area contributed by atoms with Gasteiger partial charge in [0.25, 0.3) is 0 Å². The lowest BCUT2D eigenvalue weighted by atomic mass is 10.1. The molecule has 1 N–H and O–H groups in total. The van der Waals surface area contributed by atoms with Crippen LogP contribution in [0.25, 0.3) is 17.2 Å². The molecule has 0 radical (unpaired) electrons. The molecule has 0 aliphatic carbocycles. The number of rotatable bonds is 4. The lowest BCUT2D eigenvalue weighted by molar-refractivity contribution is -0.274. The summed E-state index contributed by atoms with van der Waals surface area (Å²) in [4.78, 5) is 15.3. The lowest BCUT2D eigenvalue weighted by Crippen LogP contribution is -2.43. The average Bonchev–Trinajstić information content (AvgIpc) is 3.42. The third-order valence-corrected chi connectivity index (χ3v) is 5.06. The maximum absolute atomic E-state index is 12.6. The Bertz CT molecular complexity index is 1230. The molecule has 12 heteroatoms. The molecular formula is C20H18F3N7O2. The van der Waals surface area contributed by atoms with Crippen LogP contribution in [0.3, 0.4) is 0 Å². The molecule has 1 fully saturated rings. The average molecular weight is 445 g/mol. The van der Waals surface area contributed by atoms with Crippen molar-refractivity contribution in [2.45, 2.75) is 25.5 Å². The smallest absolute Gasteiger partial charge is 0.404 e. The summed E-state index contributed by atoms with van der Waals surface area (Å²) in [7, 11) is 0. The van der Waals surface area contributed by atoms with Gasteiger partial charge in [-0.15, -0.1) is 13.2 Å². The molecule has 0 bridgehead atoms. The zero-order chi connectivity index (χ0) is 22.3. The van der Waals surface area contributed by atoms with Gasteiger partial charge in [0.1, 0.15) is 29.0 Å². The zero-order valence-corrected chi connectivity index (χ0v) is 16.8. The highest BCUT2D eigenvalue weighted by molar-refractivity contribution is 5.59. The van der Waals surface area contributed by atoms with Crippen molar-refractivity contribution in [1.82, 2.24) is 29.5 Å². The molecule has 1 aliphatic rings. The number of anilines is 1. The van der Waals surface area contributed by atoms with E-state index in [0.29, 0.717) is 36.1 Å². The van der Waals surface area contributed by atoms with Gasteiger partial charge in [-0.1, -0.05) is 0 Å². The Kier molecular flexibility index (Phi) is 4.93. The van der Waals surface area contributed by atoms with E-state index in [1.807, 2.05) is 6.92 Å². The van der Waals surface area contributed by atoms with Gasteiger partial charge in [-0.25, -0.2) is 15.0 Å². The van der Waals surface area contributed by atoms with Crippen molar-refractivity contribution in [2.24, 2.45) is 0 Å². The molecule has 5 heterocycles. The van der Waals surface area contributed by atoms with E-state index in [1.54, 1.807) is 24.7 Å². The number of nitrogens with one attached hydrogen (secondary N) is 1. The topological polar surface area (TPSA) is 93.5 Å². The molecule has 0 unspecified atom stereocenters. The summed E-state index contributed by atoms with van der Waals surface area (Å²) in [5.74, 6) is 0.653. The minimum atomic E-state index is -4.79. The largest absolute Gasteiger partial charge is 0.573 e. The summed E-state index contributed by atoms with van der Waals surface area (Å²) in [6, 6.07) is 4.44. The third kappa shape index (κ3) is 4.08. The Morgan fingerprint density at radius 1 is 1.16 bits per heavy atom. The number of hydrogen-bond donors (Lipinski definition) is 1. The summed E-state index contributed by atoms with van der Waals surface area (Å²) < 4.78 is 49.4. The van der Waals surface area contributed by atoms with Crippen LogP contribution in [0.5, 0.6) is 5.75 Å². The molecule has 9 nitrogen and oxygen atoms in total. The molecule has 2 atom stereocenters. The predicted molar refractivity (Wildman–Crippen MR) is 107 cm³/mol. The van der Waals surface area contributed by atoms with E-state index in [9.17, 15) is 13.2 Å². The summed E-state index contributed by atoms with van der Waals surface area (Å²) in [5.41, 5.74) is 1.83. The Balaban J connectivity index is 1.46. The molecule has 32 heavy (non-hydrogen) atoms. The predicted octanol–water partition coefficient (Wildman–Crippen LogP) is 3.38. The van der Waals surface area contributed by atoms with Gasteiger partial charge < -0.3 is 14.4 Å². The summed E-state index contributed by atoms with van der Waals surface area (Å²) in [6.07, 6.45) is 2.86.